The number of ether oxygens (including phenoxy) is 1. The lowest BCUT2D eigenvalue weighted by atomic mass is 9.99. The van der Waals surface area contributed by atoms with E-state index in [0.29, 0.717) is 22.7 Å². The SMILES string of the molecule is CCc1c(C(N=[N+]=[N-])c2ccc(OC(F)(F)F)cc2)nc(SC(C)C)[nH]c1=O. The summed E-state index contributed by atoms with van der Waals surface area (Å²) in [6, 6.07) is 3.96. The van der Waals surface area contributed by atoms with Gasteiger partial charge >= 0.3 is 6.36 Å². The van der Waals surface area contributed by atoms with Gasteiger partial charge in [0, 0.05) is 15.7 Å². The van der Waals surface area contributed by atoms with Crippen LogP contribution in [0.5, 0.6) is 5.75 Å². The zero-order valence-corrected chi connectivity index (χ0v) is 16.1. The van der Waals surface area contributed by atoms with Gasteiger partial charge in [0.2, 0.25) is 0 Å². The monoisotopic (exact) mass is 413 g/mol. The first kappa shape index (κ1) is 21.6. The van der Waals surface area contributed by atoms with Crippen LogP contribution in [0.3, 0.4) is 0 Å². The van der Waals surface area contributed by atoms with Crippen LogP contribution < -0.4 is 10.3 Å². The molecule has 0 amide bonds. The van der Waals surface area contributed by atoms with Gasteiger partial charge in [-0.15, -0.1) is 13.2 Å². The highest BCUT2D eigenvalue weighted by atomic mass is 32.2. The number of H-pyrrole nitrogens is 1. The lowest BCUT2D eigenvalue weighted by molar-refractivity contribution is -0.274. The molecule has 1 heterocycles. The number of aromatic amines is 1. The fourth-order valence-corrected chi connectivity index (χ4v) is 3.27. The summed E-state index contributed by atoms with van der Waals surface area (Å²) in [6.07, 6.45) is -4.46. The van der Waals surface area contributed by atoms with Gasteiger partial charge in [-0.3, -0.25) is 4.79 Å². The van der Waals surface area contributed by atoms with Crippen LogP contribution in [-0.4, -0.2) is 21.6 Å². The Morgan fingerprint density at radius 1 is 1.32 bits per heavy atom. The highest BCUT2D eigenvalue weighted by Crippen LogP contribution is 2.31. The van der Waals surface area contributed by atoms with Crippen molar-refractivity contribution in [2.24, 2.45) is 5.11 Å². The largest absolute Gasteiger partial charge is 0.573 e. The minimum absolute atomic E-state index is 0.153. The minimum atomic E-state index is -4.81. The van der Waals surface area contributed by atoms with E-state index in [2.05, 4.69) is 24.7 Å². The Bertz CT molecular complexity index is 922. The molecule has 28 heavy (non-hydrogen) atoms. The first-order valence-corrected chi connectivity index (χ1v) is 9.22. The second-order valence-corrected chi connectivity index (χ2v) is 7.54. The molecule has 1 aromatic heterocycles. The topological polar surface area (TPSA) is 104 Å². The summed E-state index contributed by atoms with van der Waals surface area (Å²) in [5.74, 6) is -0.401. The number of hydrogen-bond donors (Lipinski definition) is 1. The molecule has 7 nitrogen and oxygen atoms in total. The maximum absolute atomic E-state index is 12.4. The summed E-state index contributed by atoms with van der Waals surface area (Å²) >= 11 is 1.34. The predicted octanol–water partition coefficient (Wildman–Crippen LogP) is 5.13. The van der Waals surface area contributed by atoms with Crippen molar-refractivity contribution >= 4 is 11.8 Å². The molecular formula is C17H18F3N5O2S. The van der Waals surface area contributed by atoms with Crippen LogP contribution in [0.1, 0.15) is 43.6 Å². The van der Waals surface area contributed by atoms with E-state index in [4.69, 9.17) is 5.53 Å². The number of nitrogens with one attached hydrogen (secondary N) is 1. The maximum atomic E-state index is 12.4. The van der Waals surface area contributed by atoms with Crippen molar-refractivity contribution in [3.63, 3.8) is 0 Å². The average molecular weight is 413 g/mol. The summed E-state index contributed by atoms with van der Waals surface area (Å²) in [6.45, 7) is 5.63. The molecule has 0 fully saturated rings. The average Bonchev–Trinajstić information content (AvgIpc) is 2.58. The fraction of sp³-hybridized carbons (Fsp3) is 0.412. The highest BCUT2D eigenvalue weighted by molar-refractivity contribution is 7.99. The van der Waals surface area contributed by atoms with Crippen LogP contribution in [0.15, 0.2) is 39.3 Å². The van der Waals surface area contributed by atoms with Gasteiger partial charge in [-0.1, -0.05) is 49.8 Å². The van der Waals surface area contributed by atoms with Gasteiger partial charge in [-0.05, 0) is 29.6 Å². The molecule has 1 atom stereocenters. The minimum Gasteiger partial charge on any atom is -0.406 e. The number of aromatic nitrogens is 2. The molecule has 0 radical (unpaired) electrons. The number of halogens is 3. The van der Waals surface area contributed by atoms with Crippen molar-refractivity contribution in [2.75, 3.05) is 0 Å². The Labute approximate surface area is 163 Å². The molecule has 0 saturated carbocycles. The Hall–Kier alpha value is -2.65. The highest BCUT2D eigenvalue weighted by Gasteiger charge is 2.31. The van der Waals surface area contributed by atoms with Crippen molar-refractivity contribution in [3.8, 4) is 5.75 Å². The third-order valence-corrected chi connectivity index (χ3v) is 4.47. The van der Waals surface area contributed by atoms with Crippen LogP contribution in [0.2, 0.25) is 0 Å². The molecule has 11 heteroatoms. The van der Waals surface area contributed by atoms with Crippen molar-refractivity contribution in [1.29, 1.82) is 0 Å². The molecule has 150 valence electrons. The van der Waals surface area contributed by atoms with Crippen molar-refractivity contribution in [1.82, 2.24) is 9.97 Å². The van der Waals surface area contributed by atoms with Gasteiger partial charge in [0.05, 0.1) is 5.69 Å². The molecule has 2 aromatic rings. The van der Waals surface area contributed by atoms with Gasteiger partial charge < -0.3 is 9.72 Å². The number of hydrogen-bond acceptors (Lipinski definition) is 5. The maximum Gasteiger partial charge on any atom is 0.573 e. The first-order chi connectivity index (χ1) is 13.1. The number of thioether (sulfide) groups is 1. The molecule has 0 bridgehead atoms. The Morgan fingerprint density at radius 3 is 2.46 bits per heavy atom. The molecule has 0 saturated heterocycles. The standard InChI is InChI=1S/C17H18F3N5O2S/c1-4-12-14(22-16(23-15(12)26)28-9(2)3)13(24-25-21)10-5-7-11(8-6-10)27-17(18,19)20/h5-9,13H,4H2,1-3H3,(H,22,23,26). The number of rotatable bonds is 7. The van der Waals surface area contributed by atoms with E-state index in [9.17, 15) is 18.0 Å². The quantitative estimate of drug-likeness (QED) is 0.223. The summed E-state index contributed by atoms with van der Waals surface area (Å²) in [7, 11) is 0. The Kier molecular flexibility index (Phi) is 6.98. The second kappa shape index (κ2) is 9.03. The second-order valence-electron chi connectivity index (χ2n) is 5.98. The third kappa shape index (κ3) is 5.67. The van der Waals surface area contributed by atoms with Gasteiger partial charge in [0.25, 0.3) is 5.56 Å². The predicted molar refractivity (Wildman–Crippen MR) is 99.3 cm³/mol. The zero-order valence-electron chi connectivity index (χ0n) is 15.3. The van der Waals surface area contributed by atoms with Crippen LogP contribution in [0.4, 0.5) is 13.2 Å². The Balaban J connectivity index is 2.52. The third-order valence-electron chi connectivity index (χ3n) is 3.58. The number of azide groups is 1. The van der Waals surface area contributed by atoms with Gasteiger partial charge in [-0.25, -0.2) is 4.98 Å². The molecule has 0 spiro atoms. The van der Waals surface area contributed by atoms with Crippen molar-refractivity contribution < 1.29 is 17.9 Å². The summed E-state index contributed by atoms with van der Waals surface area (Å²) < 4.78 is 40.9. The molecule has 1 aromatic carbocycles. The van der Waals surface area contributed by atoms with Gasteiger partial charge in [0.1, 0.15) is 11.8 Å². The fourth-order valence-electron chi connectivity index (χ4n) is 2.52. The van der Waals surface area contributed by atoms with Crippen molar-refractivity contribution in [3.05, 3.63) is 61.9 Å². The van der Waals surface area contributed by atoms with E-state index < -0.39 is 18.2 Å². The van der Waals surface area contributed by atoms with E-state index in [-0.39, 0.29) is 16.5 Å². The molecule has 0 aliphatic rings. The first-order valence-electron chi connectivity index (χ1n) is 8.34. The molecule has 1 unspecified atom stereocenters. The van der Waals surface area contributed by atoms with Gasteiger partial charge in [-0.2, -0.15) is 0 Å². The lowest BCUT2D eigenvalue weighted by Gasteiger charge is -2.17. The number of alkyl halides is 3. The van der Waals surface area contributed by atoms with E-state index in [0.717, 1.165) is 12.1 Å². The summed E-state index contributed by atoms with van der Waals surface area (Å²) in [4.78, 5) is 22.4. The zero-order chi connectivity index (χ0) is 20.9. The van der Waals surface area contributed by atoms with Gasteiger partial charge in [0.15, 0.2) is 5.16 Å². The van der Waals surface area contributed by atoms with Crippen LogP contribution in [0, 0.1) is 0 Å². The molecule has 1 N–H and O–H groups in total. The molecule has 0 aliphatic heterocycles. The Morgan fingerprint density at radius 2 is 1.96 bits per heavy atom. The normalized spacial score (nSPS) is 12.5. The molecule has 2 rings (SSSR count). The number of benzene rings is 1. The van der Waals surface area contributed by atoms with Crippen LogP contribution >= 0.6 is 11.8 Å². The van der Waals surface area contributed by atoms with Crippen LogP contribution in [-0.2, 0) is 6.42 Å². The summed E-state index contributed by atoms with van der Waals surface area (Å²) in [5.41, 5.74) is 9.65. The number of nitrogens with zero attached hydrogens (tertiary/aromatic N) is 4. The molecular weight excluding hydrogens is 395 g/mol. The summed E-state index contributed by atoms with van der Waals surface area (Å²) in [5, 5.41) is 4.26. The van der Waals surface area contributed by atoms with E-state index in [1.807, 2.05) is 13.8 Å². The van der Waals surface area contributed by atoms with E-state index in [1.165, 1.54) is 23.9 Å². The lowest BCUT2D eigenvalue weighted by Crippen LogP contribution is -2.20. The smallest absolute Gasteiger partial charge is 0.406 e. The van der Waals surface area contributed by atoms with Crippen molar-refractivity contribution in [2.45, 2.75) is 50.0 Å². The molecule has 0 aliphatic carbocycles. The van der Waals surface area contributed by atoms with E-state index in [1.54, 1.807) is 6.92 Å². The van der Waals surface area contributed by atoms with E-state index >= 15 is 0 Å². The van der Waals surface area contributed by atoms with Crippen LogP contribution in [0.25, 0.3) is 10.4 Å².